The number of carbonyl (C=O) groups excluding carboxylic acids is 1. The SMILES string of the molecule is C[C@@H](OC[C@@H]1CCCCO1)C(=O)Nc1nccn1Cc1ccccc1. The van der Waals surface area contributed by atoms with Gasteiger partial charge in [0.25, 0.3) is 5.91 Å². The molecule has 1 amide bonds. The van der Waals surface area contributed by atoms with E-state index in [1.807, 2.05) is 41.1 Å². The largest absolute Gasteiger partial charge is 0.376 e. The molecule has 1 aromatic carbocycles. The topological polar surface area (TPSA) is 65.4 Å². The number of nitrogens with zero attached hydrogens (tertiary/aromatic N) is 2. The minimum Gasteiger partial charge on any atom is -0.376 e. The number of ether oxygens (including phenoxy) is 2. The van der Waals surface area contributed by atoms with Crippen LogP contribution in [0.15, 0.2) is 42.7 Å². The van der Waals surface area contributed by atoms with Gasteiger partial charge in [0.15, 0.2) is 0 Å². The van der Waals surface area contributed by atoms with Crippen molar-refractivity contribution in [2.75, 3.05) is 18.5 Å². The second kappa shape index (κ2) is 8.78. The van der Waals surface area contributed by atoms with Crippen LogP contribution in [-0.2, 0) is 20.8 Å². The Morgan fingerprint density at radius 1 is 1.40 bits per heavy atom. The van der Waals surface area contributed by atoms with Crippen LogP contribution < -0.4 is 5.32 Å². The summed E-state index contributed by atoms with van der Waals surface area (Å²) in [7, 11) is 0. The maximum Gasteiger partial charge on any atom is 0.255 e. The van der Waals surface area contributed by atoms with E-state index in [9.17, 15) is 4.79 Å². The van der Waals surface area contributed by atoms with Gasteiger partial charge in [0.1, 0.15) is 6.10 Å². The Hall–Kier alpha value is -2.18. The molecule has 1 saturated heterocycles. The number of hydrogen-bond donors (Lipinski definition) is 1. The summed E-state index contributed by atoms with van der Waals surface area (Å²) in [5.41, 5.74) is 1.15. The third kappa shape index (κ3) is 5.14. The van der Waals surface area contributed by atoms with Gasteiger partial charge in [-0.2, -0.15) is 0 Å². The molecule has 1 N–H and O–H groups in total. The summed E-state index contributed by atoms with van der Waals surface area (Å²) in [6, 6.07) is 10.1. The highest BCUT2D eigenvalue weighted by molar-refractivity contribution is 5.92. The molecule has 2 atom stereocenters. The molecule has 6 heteroatoms. The number of aromatic nitrogens is 2. The highest BCUT2D eigenvalue weighted by atomic mass is 16.5. The van der Waals surface area contributed by atoms with Crippen LogP contribution in [0.4, 0.5) is 5.95 Å². The van der Waals surface area contributed by atoms with Crippen LogP contribution in [0.3, 0.4) is 0 Å². The maximum absolute atomic E-state index is 12.4. The number of imidazole rings is 1. The molecule has 2 heterocycles. The van der Waals surface area contributed by atoms with Crippen LogP contribution in [0.25, 0.3) is 0 Å². The fourth-order valence-corrected chi connectivity index (χ4v) is 2.82. The van der Waals surface area contributed by atoms with Crippen LogP contribution in [0.1, 0.15) is 31.7 Å². The Morgan fingerprint density at radius 2 is 2.24 bits per heavy atom. The highest BCUT2D eigenvalue weighted by Gasteiger charge is 2.20. The first kappa shape index (κ1) is 17.6. The Bertz CT molecular complexity index is 666. The molecular formula is C19H25N3O3. The van der Waals surface area contributed by atoms with E-state index in [0.717, 1.165) is 31.4 Å². The smallest absolute Gasteiger partial charge is 0.255 e. The van der Waals surface area contributed by atoms with E-state index in [1.54, 1.807) is 13.1 Å². The lowest BCUT2D eigenvalue weighted by molar-refractivity contribution is -0.130. The summed E-state index contributed by atoms with van der Waals surface area (Å²) < 4.78 is 13.2. The summed E-state index contributed by atoms with van der Waals surface area (Å²) in [5, 5.41) is 2.85. The second-order valence-corrected chi connectivity index (χ2v) is 6.32. The van der Waals surface area contributed by atoms with Gasteiger partial charge in [-0.05, 0) is 31.7 Å². The van der Waals surface area contributed by atoms with E-state index < -0.39 is 6.10 Å². The van der Waals surface area contributed by atoms with Gasteiger partial charge in [0.2, 0.25) is 5.95 Å². The number of carbonyl (C=O) groups is 1. The molecule has 1 fully saturated rings. The minimum absolute atomic E-state index is 0.101. The Labute approximate surface area is 148 Å². The molecule has 1 aliphatic heterocycles. The zero-order valence-electron chi connectivity index (χ0n) is 14.6. The maximum atomic E-state index is 12.4. The van der Waals surface area contributed by atoms with Crippen molar-refractivity contribution in [3.05, 3.63) is 48.3 Å². The van der Waals surface area contributed by atoms with Gasteiger partial charge in [0, 0.05) is 19.0 Å². The van der Waals surface area contributed by atoms with Gasteiger partial charge in [-0.15, -0.1) is 0 Å². The van der Waals surface area contributed by atoms with E-state index in [-0.39, 0.29) is 12.0 Å². The van der Waals surface area contributed by atoms with E-state index in [0.29, 0.717) is 19.1 Å². The van der Waals surface area contributed by atoms with Crippen LogP contribution in [0.2, 0.25) is 0 Å². The molecule has 1 aromatic heterocycles. The van der Waals surface area contributed by atoms with Gasteiger partial charge in [-0.25, -0.2) is 4.98 Å². The van der Waals surface area contributed by atoms with E-state index in [2.05, 4.69) is 10.3 Å². The molecule has 6 nitrogen and oxygen atoms in total. The number of amides is 1. The Kier molecular flexibility index (Phi) is 6.19. The molecule has 0 spiro atoms. The number of hydrogen-bond acceptors (Lipinski definition) is 4. The van der Waals surface area contributed by atoms with Crippen molar-refractivity contribution in [2.24, 2.45) is 0 Å². The zero-order valence-corrected chi connectivity index (χ0v) is 14.6. The van der Waals surface area contributed by atoms with Crippen LogP contribution in [0, 0.1) is 0 Å². The van der Waals surface area contributed by atoms with Crippen molar-refractivity contribution >= 4 is 11.9 Å². The van der Waals surface area contributed by atoms with Gasteiger partial charge in [-0.1, -0.05) is 30.3 Å². The molecule has 3 rings (SSSR count). The van der Waals surface area contributed by atoms with E-state index >= 15 is 0 Å². The molecule has 0 unspecified atom stereocenters. The van der Waals surface area contributed by atoms with Gasteiger partial charge < -0.3 is 14.0 Å². The lowest BCUT2D eigenvalue weighted by Gasteiger charge is -2.23. The fourth-order valence-electron chi connectivity index (χ4n) is 2.82. The predicted octanol–water partition coefficient (Wildman–Crippen LogP) is 2.84. The van der Waals surface area contributed by atoms with Crippen molar-refractivity contribution < 1.29 is 14.3 Å². The lowest BCUT2D eigenvalue weighted by atomic mass is 10.1. The average molecular weight is 343 g/mol. The summed E-state index contributed by atoms with van der Waals surface area (Å²) in [6.07, 6.45) is 6.35. The van der Waals surface area contributed by atoms with E-state index in [1.165, 1.54) is 0 Å². The summed E-state index contributed by atoms with van der Waals surface area (Å²) in [5.74, 6) is 0.328. The number of benzene rings is 1. The summed E-state index contributed by atoms with van der Waals surface area (Å²) in [4.78, 5) is 16.6. The number of nitrogens with one attached hydrogen (secondary N) is 1. The number of anilines is 1. The first-order valence-electron chi connectivity index (χ1n) is 8.81. The Balaban J connectivity index is 1.51. The predicted molar refractivity (Wildman–Crippen MR) is 95.4 cm³/mol. The first-order chi connectivity index (χ1) is 12.2. The summed E-state index contributed by atoms with van der Waals surface area (Å²) >= 11 is 0. The van der Waals surface area contributed by atoms with Crippen LogP contribution >= 0.6 is 0 Å². The lowest BCUT2D eigenvalue weighted by Crippen LogP contribution is -2.33. The zero-order chi connectivity index (χ0) is 17.5. The third-order valence-electron chi connectivity index (χ3n) is 4.32. The standard InChI is InChI=1S/C19H25N3O3/c1-15(25-14-17-9-5-6-12-24-17)18(23)21-19-20-10-11-22(19)13-16-7-3-2-4-8-16/h2-4,7-8,10-11,15,17H,5-6,9,12-14H2,1H3,(H,20,21,23)/t15-,17+/m1/s1. The van der Waals surface area contributed by atoms with Crippen molar-refractivity contribution in [1.82, 2.24) is 9.55 Å². The molecule has 134 valence electrons. The normalized spacial score (nSPS) is 18.7. The van der Waals surface area contributed by atoms with Crippen LogP contribution in [-0.4, -0.2) is 40.9 Å². The van der Waals surface area contributed by atoms with E-state index in [4.69, 9.17) is 9.47 Å². The number of rotatable bonds is 7. The molecule has 2 aromatic rings. The molecule has 0 radical (unpaired) electrons. The molecule has 0 saturated carbocycles. The molecule has 0 aliphatic carbocycles. The molecule has 25 heavy (non-hydrogen) atoms. The molecule has 1 aliphatic rings. The summed E-state index contributed by atoms with van der Waals surface area (Å²) in [6.45, 7) is 3.64. The minimum atomic E-state index is -0.549. The first-order valence-corrected chi connectivity index (χ1v) is 8.81. The molecular weight excluding hydrogens is 318 g/mol. The fraction of sp³-hybridized carbons (Fsp3) is 0.474. The van der Waals surface area contributed by atoms with Crippen molar-refractivity contribution in [1.29, 1.82) is 0 Å². The third-order valence-corrected chi connectivity index (χ3v) is 4.32. The Morgan fingerprint density at radius 3 is 3.00 bits per heavy atom. The van der Waals surface area contributed by atoms with Gasteiger partial charge in [0.05, 0.1) is 19.3 Å². The van der Waals surface area contributed by atoms with Crippen molar-refractivity contribution in [3.63, 3.8) is 0 Å². The van der Waals surface area contributed by atoms with Crippen molar-refractivity contribution in [3.8, 4) is 0 Å². The average Bonchev–Trinajstić information content (AvgIpc) is 3.08. The van der Waals surface area contributed by atoms with Gasteiger partial charge in [-0.3, -0.25) is 10.1 Å². The van der Waals surface area contributed by atoms with Gasteiger partial charge >= 0.3 is 0 Å². The molecule has 0 bridgehead atoms. The second-order valence-electron chi connectivity index (χ2n) is 6.32. The quantitative estimate of drug-likeness (QED) is 0.839. The van der Waals surface area contributed by atoms with Crippen LogP contribution in [0.5, 0.6) is 0 Å². The monoisotopic (exact) mass is 343 g/mol. The highest BCUT2D eigenvalue weighted by Crippen LogP contribution is 2.14. The van der Waals surface area contributed by atoms with Crippen molar-refractivity contribution in [2.45, 2.75) is 44.9 Å².